The van der Waals surface area contributed by atoms with Gasteiger partial charge in [-0.25, -0.2) is 18.2 Å². The van der Waals surface area contributed by atoms with Crippen molar-refractivity contribution in [3.63, 3.8) is 0 Å². The number of aryl methyl sites for hydroxylation is 1. The summed E-state index contributed by atoms with van der Waals surface area (Å²) < 4.78 is 29.8. The van der Waals surface area contributed by atoms with Crippen molar-refractivity contribution in [1.29, 1.82) is 0 Å². The molecule has 0 fully saturated rings. The second-order valence-electron chi connectivity index (χ2n) is 6.44. The molecule has 28 heavy (non-hydrogen) atoms. The fourth-order valence-corrected chi connectivity index (χ4v) is 4.00. The van der Waals surface area contributed by atoms with Gasteiger partial charge >= 0.3 is 0 Å². The van der Waals surface area contributed by atoms with Gasteiger partial charge in [0, 0.05) is 11.1 Å². The molecule has 2 aromatic carbocycles. The zero-order valence-corrected chi connectivity index (χ0v) is 15.7. The van der Waals surface area contributed by atoms with Gasteiger partial charge in [0.1, 0.15) is 11.4 Å². The van der Waals surface area contributed by atoms with E-state index in [1.807, 2.05) is 12.1 Å². The Kier molecular flexibility index (Phi) is 4.20. The van der Waals surface area contributed by atoms with Gasteiger partial charge in [-0.1, -0.05) is 0 Å². The minimum atomic E-state index is -3.83. The Hall–Kier alpha value is -3.17. The van der Waals surface area contributed by atoms with Crippen LogP contribution < -0.4 is 15.0 Å². The zero-order chi connectivity index (χ0) is 20.1. The first-order valence-electron chi connectivity index (χ1n) is 8.43. The summed E-state index contributed by atoms with van der Waals surface area (Å²) in [5, 5.41) is 21.0. The van der Waals surface area contributed by atoms with E-state index in [1.165, 1.54) is 28.9 Å². The molecule has 0 amide bonds. The Morgan fingerprint density at radius 2 is 1.89 bits per heavy atom. The van der Waals surface area contributed by atoms with Crippen molar-refractivity contribution in [2.45, 2.75) is 17.7 Å². The van der Waals surface area contributed by atoms with Crippen LogP contribution in [0.2, 0.25) is 0 Å². The predicted octanol–water partition coefficient (Wildman–Crippen LogP) is 0.657. The fourth-order valence-electron chi connectivity index (χ4n) is 3.49. The van der Waals surface area contributed by atoms with Crippen LogP contribution in [0.25, 0.3) is 16.9 Å². The molecule has 8 nitrogen and oxygen atoms in total. The van der Waals surface area contributed by atoms with E-state index in [0.717, 1.165) is 11.1 Å². The van der Waals surface area contributed by atoms with E-state index in [9.17, 15) is 18.3 Å². The van der Waals surface area contributed by atoms with E-state index in [-0.39, 0.29) is 10.6 Å². The molecule has 4 rings (SSSR count). The Labute approximate surface area is 161 Å². The molecule has 0 aliphatic heterocycles. The first-order valence-corrected chi connectivity index (χ1v) is 9.98. The van der Waals surface area contributed by atoms with E-state index >= 15 is 0 Å². The first-order chi connectivity index (χ1) is 13.3. The van der Waals surface area contributed by atoms with Gasteiger partial charge < -0.3 is 14.6 Å². The van der Waals surface area contributed by atoms with Gasteiger partial charge in [0.05, 0.1) is 29.4 Å². The molecule has 0 unspecified atom stereocenters. The molecule has 1 aromatic heterocycles. The number of rotatable bonds is 4. The van der Waals surface area contributed by atoms with Gasteiger partial charge in [-0.15, -0.1) is 0 Å². The molecule has 3 aromatic rings. The molecule has 144 valence electrons. The molecule has 9 heteroatoms. The number of benzene rings is 2. The fraction of sp³-hybridized carbons (Fsp3) is 0.158. The molecule has 1 aliphatic carbocycles. The number of sulfonamides is 1. The Morgan fingerprint density at radius 3 is 2.50 bits per heavy atom. The van der Waals surface area contributed by atoms with Crippen LogP contribution in [0.15, 0.2) is 47.4 Å². The predicted molar refractivity (Wildman–Crippen MR) is 98.7 cm³/mol. The zero-order valence-electron chi connectivity index (χ0n) is 14.9. The summed E-state index contributed by atoms with van der Waals surface area (Å²) in [6.07, 6.45) is 1.14. The van der Waals surface area contributed by atoms with Gasteiger partial charge in [-0.3, -0.25) is 0 Å². The van der Waals surface area contributed by atoms with Gasteiger partial charge in [0.25, 0.3) is 0 Å². The third-order valence-electron chi connectivity index (χ3n) is 4.80. The summed E-state index contributed by atoms with van der Waals surface area (Å²) in [6.45, 7) is 0. The van der Waals surface area contributed by atoms with Gasteiger partial charge in [0.2, 0.25) is 10.0 Å². The summed E-state index contributed by atoms with van der Waals surface area (Å²) in [5.41, 5.74) is 3.49. The maximum atomic E-state index is 11.6. The lowest BCUT2D eigenvalue weighted by Crippen LogP contribution is -2.24. The summed E-state index contributed by atoms with van der Waals surface area (Å²) in [5.74, 6) is -0.640. The van der Waals surface area contributed by atoms with Crippen molar-refractivity contribution < 1.29 is 23.1 Å². The number of aromatic nitrogens is 2. The summed E-state index contributed by atoms with van der Waals surface area (Å²) >= 11 is 0. The molecule has 0 spiro atoms. The average Bonchev–Trinajstić information content (AvgIpc) is 3.07. The number of carboxylic acids is 1. The number of carboxylic acid groups (broad SMARTS) is 1. The number of hydrogen-bond acceptors (Lipinski definition) is 6. The lowest BCUT2D eigenvalue weighted by molar-refractivity contribution is -0.255. The maximum absolute atomic E-state index is 11.6. The van der Waals surface area contributed by atoms with E-state index < -0.39 is 16.0 Å². The van der Waals surface area contributed by atoms with Crippen molar-refractivity contribution in [1.82, 2.24) is 9.78 Å². The molecular weight excluding hydrogens is 382 g/mol. The smallest absolute Gasteiger partial charge is 0.238 e. The molecule has 0 saturated carbocycles. The lowest BCUT2D eigenvalue weighted by Gasteiger charge is -2.20. The van der Waals surface area contributed by atoms with Crippen LogP contribution in [-0.2, 0) is 22.9 Å². The Balaban J connectivity index is 1.93. The number of nitrogens with zero attached hydrogens (tertiary/aromatic N) is 2. The molecule has 0 atom stereocenters. The van der Waals surface area contributed by atoms with Crippen molar-refractivity contribution in [3.05, 3.63) is 59.3 Å². The van der Waals surface area contributed by atoms with Crippen LogP contribution in [0, 0.1) is 0 Å². The van der Waals surface area contributed by atoms with E-state index in [0.29, 0.717) is 35.5 Å². The number of carbonyl (C=O) groups excluding carboxylic acids is 1. The molecule has 2 N–H and O–H groups in total. The maximum Gasteiger partial charge on any atom is 0.238 e. The second-order valence-corrected chi connectivity index (χ2v) is 8.00. The number of fused-ring (bicyclic) bond motifs is 3. The van der Waals surface area contributed by atoms with Crippen LogP contribution >= 0.6 is 0 Å². The highest BCUT2D eigenvalue weighted by atomic mass is 32.2. The number of nitrogens with two attached hydrogens (primary N) is 1. The standard InChI is InChI=1S/C19H17N3O5S/c1-27-13-5-9-15-11(10-13)2-8-16-17(19(23)24)21-22(18(15)16)12-3-6-14(7-4-12)28(20,25)26/h3-7,9-10H,2,8H2,1H3,(H,23,24)(H2,20,25,26)/p-1. The van der Waals surface area contributed by atoms with E-state index in [2.05, 4.69) is 5.10 Å². The third kappa shape index (κ3) is 2.94. The van der Waals surface area contributed by atoms with Crippen molar-refractivity contribution in [3.8, 4) is 22.7 Å². The monoisotopic (exact) mass is 398 g/mol. The highest BCUT2D eigenvalue weighted by Gasteiger charge is 2.26. The molecule has 0 radical (unpaired) electrons. The number of aromatic carboxylic acids is 1. The van der Waals surface area contributed by atoms with E-state index in [1.54, 1.807) is 13.2 Å². The number of methoxy groups -OCH3 is 1. The highest BCUT2D eigenvalue weighted by molar-refractivity contribution is 7.89. The van der Waals surface area contributed by atoms with Crippen LogP contribution in [0.3, 0.4) is 0 Å². The molecular formula is C19H16N3O5S-. The molecule has 0 saturated heterocycles. The van der Waals surface area contributed by atoms with E-state index in [4.69, 9.17) is 9.88 Å². The summed E-state index contributed by atoms with van der Waals surface area (Å²) in [4.78, 5) is 11.6. The number of hydrogen-bond donors (Lipinski definition) is 1. The molecule has 1 heterocycles. The number of ether oxygens (including phenoxy) is 1. The normalized spacial score (nSPS) is 12.9. The minimum absolute atomic E-state index is 0.0393. The van der Waals surface area contributed by atoms with Crippen molar-refractivity contribution in [2.75, 3.05) is 7.11 Å². The minimum Gasteiger partial charge on any atom is -0.543 e. The Bertz CT molecular complexity index is 1200. The van der Waals surface area contributed by atoms with Crippen LogP contribution in [0.1, 0.15) is 21.6 Å². The number of primary sulfonamides is 1. The summed E-state index contributed by atoms with van der Waals surface area (Å²) in [7, 11) is -2.25. The highest BCUT2D eigenvalue weighted by Crippen LogP contribution is 2.38. The average molecular weight is 398 g/mol. The van der Waals surface area contributed by atoms with Gasteiger partial charge in [-0.2, -0.15) is 5.10 Å². The van der Waals surface area contributed by atoms with Crippen LogP contribution in [-0.4, -0.2) is 31.3 Å². The lowest BCUT2D eigenvalue weighted by atomic mass is 9.88. The SMILES string of the molecule is COc1ccc2c(c1)CCc1c(C(=O)[O-])nn(-c3ccc(S(N)(=O)=O)cc3)c1-2. The second kappa shape index (κ2) is 6.47. The largest absolute Gasteiger partial charge is 0.543 e. The first kappa shape index (κ1) is 18.2. The van der Waals surface area contributed by atoms with Gasteiger partial charge in [-0.05, 0) is 60.9 Å². The van der Waals surface area contributed by atoms with Crippen LogP contribution in [0.5, 0.6) is 5.75 Å². The van der Waals surface area contributed by atoms with Gasteiger partial charge in [0.15, 0.2) is 0 Å². The topological polar surface area (TPSA) is 127 Å². The quantitative estimate of drug-likeness (QED) is 0.688. The summed E-state index contributed by atoms with van der Waals surface area (Å²) in [6, 6.07) is 11.4. The number of carbonyl (C=O) groups is 1. The molecule has 0 bridgehead atoms. The van der Waals surface area contributed by atoms with Crippen molar-refractivity contribution in [2.24, 2.45) is 5.14 Å². The van der Waals surface area contributed by atoms with Crippen molar-refractivity contribution >= 4 is 16.0 Å². The van der Waals surface area contributed by atoms with Crippen LogP contribution in [0.4, 0.5) is 0 Å². The Morgan fingerprint density at radius 1 is 1.18 bits per heavy atom. The third-order valence-corrected chi connectivity index (χ3v) is 5.73. The molecule has 1 aliphatic rings.